The molecule has 1 aliphatic rings. The fourth-order valence-electron chi connectivity index (χ4n) is 2.42. The molecule has 2 heterocycles. The van der Waals surface area contributed by atoms with E-state index in [1.54, 1.807) is 16.2 Å². The molecule has 1 saturated heterocycles. The highest BCUT2D eigenvalue weighted by molar-refractivity contribution is 7.11. The first-order valence-corrected chi connectivity index (χ1v) is 7.29. The molecule has 1 N–H and O–H groups in total. The van der Waals surface area contributed by atoms with Gasteiger partial charge in [0.2, 0.25) is 11.8 Å². The molecule has 0 saturated carbocycles. The molecule has 1 fully saturated rings. The molecule has 2 rings (SSSR count). The number of piperazine rings is 1. The zero-order valence-corrected chi connectivity index (χ0v) is 12.5. The third kappa shape index (κ3) is 2.63. The molecule has 0 spiro atoms. The lowest BCUT2D eigenvalue weighted by Gasteiger charge is -2.36. The predicted octanol–water partition coefficient (Wildman–Crippen LogP) is 1.56. The zero-order chi connectivity index (χ0) is 14.2. The highest BCUT2D eigenvalue weighted by atomic mass is 32.1. The first-order chi connectivity index (χ1) is 8.93. The Balaban J connectivity index is 2.26. The Morgan fingerprint density at radius 3 is 2.68 bits per heavy atom. The zero-order valence-electron chi connectivity index (χ0n) is 11.7. The predicted molar refractivity (Wildman–Crippen MR) is 73.9 cm³/mol. The molecule has 2 unspecified atom stereocenters. The molecule has 6 heteroatoms. The van der Waals surface area contributed by atoms with Crippen molar-refractivity contribution in [3.05, 3.63) is 15.6 Å². The summed E-state index contributed by atoms with van der Waals surface area (Å²) in [4.78, 5) is 31.1. The van der Waals surface area contributed by atoms with Crippen LogP contribution in [0.2, 0.25) is 0 Å². The number of hydrogen-bond donors (Lipinski definition) is 1. The number of aryl methyl sites for hydroxylation is 2. The van der Waals surface area contributed by atoms with E-state index in [4.69, 9.17) is 0 Å². The van der Waals surface area contributed by atoms with E-state index in [-0.39, 0.29) is 24.4 Å². The van der Waals surface area contributed by atoms with Gasteiger partial charge in [-0.05, 0) is 27.2 Å². The van der Waals surface area contributed by atoms with Crippen molar-refractivity contribution in [2.24, 2.45) is 0 Å². The number of nitrogens with one attached hydrogen (secondary N) is 1. The molecule has 0 radical (unpaired) electrons. The number of aromatic nitrogens is 1. The highest BCUT2D eigenvalue weighted by Crippen LogP contribution is 2.30. The fraction of sp³-hybridized carbons (Fsp3) is 0.615. The van der Waals surface area contributed by atoms with Gasteiger partial charge in [-0.25, -0.2) is 4.98 Å². The highest BCUT2D eigenvalue weighted by Gasteiger charge is 2.35. The lowest BCUT2D eigenvalue weighted by atomic mass is 10.1. The Morgan fingerprint density at radius 1 is 1.47 bits per heavy atom. The summed E-state index contributed by atoms with van der Waals surface area (Å²) >= 11 is 1.59. The maximum atomic E-state index is 12.3. The van der Waals surface area contributed by atoms with Crippen LogP contribution in [0.15, 0.2) is 0 Å². The van der Waals surface area contributed by atoms with Crippen molar-refractivity contribution in [2.45, 2.75) is 46.2 Å². The van der Waals surface area contributed by atoms with Crippen LogP contribution in [0, 0.1) is 13.8 Å². The maximum Gasteiger partial charge on any atom is 0.246 e. The number of nitrogens with zero attached hydrogens (tertiary/aromatic N) is 2. The standard InChI is InChI=1S/C13H19N3O2S/c1-5-10-13(18)16(6-11(17)15-10)8(3)12-7(2)14-9(4)19-12/h8,10H,5-6H2,1-4H3,(H,15,17). The third-order valence-electron chi connectivity index (χ3n) is 3.42. The normalized spacial score (nSPS) is 21.5. The second-order valence-corrected chi connectivity index (χ2v) is 6.09. The largest absolute Gasteiger partial charge is 0.343 e. The first-order valence-electron chi connectivity index (χ1n) is 6.47. The van der Waals surface area contributed by atoms with Crippen molar-refractivity contribution < 1.29 is 9.59 Å². The van der Waals surface area contributed by atoms with Crippen LogP contribution < -0.4 is 5.32 Å². The van der Waals surface area contributed by atoms with Gasteiger partial charge < -0.3 is 10.2 Å². The van der Waals surface area contributed by atoms with Gasteiger partial charge in [0.25, 0.3) is 0 Å². The number of amides is 2. The van der Waals surface area contributed by atoms with E-state index >= 15 is 0 Å². The van der Waals surface area contributed by atoms with Gasteiger partial charge in [-0.15, -0.1) is 11.3 Å². The number of carbonyl (C=O) groups is 2. The lowest BCUT2D eigenvalue weighted by molar-refractivity contribution is -0.146. The Labute approximate surface area is 117 Å². The molecule has 1 aromatic rings. The fourth-order valence-corrected chi connectivity index (χ4v) is 3.41. The molecule has 2 atom stereocenters. The van der Waals surface area contributed by atoms with Crippen LogP contribution in [0.5, 0.6) is 0 Å². The minimum absolute atomic E-state index is 0.0000491. The van der Waals surface area contributed by atoms with Crippen LogP contribution in [0.4, 0.5) is 0 Å². The van der Waals surface area contributed by atoms with Crippen molar-refractivity contribution in [3.63, 3.8) is 0 Å². The quantitative estimate of drug-likeness (QED) is 0.914. The Morgan fingerprint density at radius 2 is 2.16 bits per heavy atom. The molecule has 1 aromatic heterocycles. The van der Waals surface area contributed by atoms with Gasteiger partial charge >= 0.3 is 0 Å². The van der Waals surface area contributed by atoms with Crippen molar-refractivity contribution in [1.29, 1.82) is 0 Å². The van der Waals surface area contributed by atoms with Crippen LogP contribution in [-0.4, -0.2) is 34.3 Å². The van der Waals surface area contributed by atoms with E-state index in [9.17, 15) is 9.59 Å². The molecular weight excluding hydrogens is 262 g/mol. The van der Waals surface area contributed by atoms with Crippen molar-refractivity contribution in [1.82, 2.24) is 15.2 Å². The molecule has 104 valence electrons. The second kappa shape index (κ2) is 5.28. The van der Waals surface area contributed by atoms with E-state index in [0.717, 1.165) is 15.6 Å². The average Bonchev–Trinajstić information content (AvgIpc) is 2.70. The minimum atomic E-state index is -0.391. The summed E-state index contributed by atoms with van der Waals surface area (Å²) in [5.74, 6) is -0.0859. The van der Waals surface area contributed by atoms with Gasteiger partial charge in [-0.1, -0.05) is 6.92 Å². The van der Waals surface area contributed by atoms with Crippen LogP contribution >= 0.6 is 11.3 Å². The van der Waals surface area contributed by atoms with E-state index in [1.807, 2.05) is 27.7 Å². The molecule has 0 aromatic carbocycles. The summed E-state index contributed by atoms with van der Waals surface area (Å²) in [5, 5.41) is 3.72. The van der Waals surface area contributed by atoms with Gasteiger partial charge in [-0.2, -0.15) is 0 Å². The van der Waals surface area contributed by atoms with Crippen LogP contribution in [0.1, 0.15) is 41.9 Å². The summed E-state index contributed by atoms with van der Waals surface area (Å²) in [7, 11) is 0. The molecule has 5 nitrogen and oxygen atoms in total. The van der Waals surface area contributed by atoms with Crippen molar-refractivity contribution >= 4 is 23.2 Å². The van der Waals surface area contributed by atoms with Crippen molar-refractivity contribution in [2.75, 3.05) is 6.54 Å². The van der Waals surface area contributed by atoms with Gasteiger partial charge in [0.15, 0.2) is 0 Å². The molecule has 0 bridgehead atoms. The Kier molecular flexibility index (Phi) is 3.89. The number of carbonyl (C=O) groups excluding carboxylic acids is 2. The topological polar surface area (TPSA) is 62.3 Å². The Bertz CT molecular complexity index is 512. The molecule has 1 aliphatic heterocycles. The summed E-state index contributed by atoms with van der Waals surface area (Å²) in [6.07, 6.45) is 0.620. The van der Waals surface area contributed by atoms with Gasteiger partial charge in [-0.3, -0.25) is 9.59 Å². The van der Waals surface area contributed by atoms with Crippen molar-refractivity contribution in [3.8, 4) is 0 Å². The van der Waals surface area contributed by atoms with Crippen LogP contribution in [-0.2, 0) is 9.59 Å². The second-order valence-electron chi connectivity index (χ2n) is 4.85. The summed E-state index contributed by atoms with van der Waals surface area (Å²) in [6.45, 7) is 7.89. The number of hydrogen-bond acceptors (Lipinski definition) is 4. The monoisotopic (exact) mass is 281 g/mol. The Hall–Kier alpha value is -1.43. The molecule has 19 heavy (non-hydrogen) atoms. The van der Waals surface area contributed by atoms with Crippen LogP contribution in [0.25, 0.3) is 0 Å². The summed E-state index contributed by atoms with van der Waals surface area (Å²) < 4.78 is 0. The molecule has 0 aliphatic carbocycles. The smallest absolute Gasteiger partial charge is 0.246 e. The maximum absolute atomic E-state index is 12.3. The van der Waals surface area contributed by atoms with Crippen LogP contribution in [0.3, 0.4) is 0 Å². The van der Waals surface area contributed by atoms with Gasteiger partial charge in [0, 0.05) is 4.88 Å². The van der Waals surface area contributed by atoms with E-state index in [0.29, 0.717) is 6.42 Å². The van der Waals surface area contributed by atoms with Gasteiger partial charge in [0.05, 0.1) is 16.7 Å². The number of rotatable bonds is 3. The SMILES string of the molecule is CCC1NC(=O)CN(C(C)c2sc(C)nc2C)C1=O. The number of thiazole rings is 1. The van der Waals surface area contributed by atoms with E-state index in [1.165, 1.54) is 0 Å². The third-order valence-corrected chi connectivity index (χ3v) is 4.67. The summed E-state index contributed by atoms with van der Waals surface area (Å²) in [5.41, 5.74) is 0.946. The van der Waals surface area contributed by atoms with Gasteiger partial charge in [0.1, 0.15) is 12.6 Å². The van der Waals surface area contributed by atoms with E-state index < -0.39 is 6.04 Å². The first kappa shape index (κ1) is 14.0. The van der Waals surface area contributed by atoms with E-state index in [2.05, 4.69) is 10.3 Å². The minimum Gasteiger partial charge on any atom is -0.343 e. The lowest BCUT2D eigenvalue weighted by Crippen LogP contribution is -2.58. The average molecular weight is 281 g/mol. The molecular formula is C13H19N3O2S. The summed E-state index contributed by atoms with van der Waals surface area (Å²) in [6, 6.07) is -0.489. The molecule has 2 amide bonds.